The molecule has 0 aromatic heterocycles. The third-order valence-electron chi connectivity index (χ3n) is 3.65. The second-order valence-electron chi connectivity index (χ2n) is 5.35. The normalized spacial score (nSPS) is 10.9. The molecule has 0 saturated carbocycles. The average Bonchev–Trinajstić information content (AvgIpc) is 2.64. The molecule has 1 amide bonds. The minimum atomic E-state index is -3.81. The number of nitro benzene ring substituents is 1. The van der Waals surface area contributed by atoms with E-state index in [1.165, 1.54) is 44.6 Å². The number of carbonyl (C=O) groups is 1. The Morgan fingerprint density at radius 3 is 2.19 bits per heavy atom. The summed E-state index contributed by atoms with van der Waals surface area (Å²) in [5.74, 6) is -0.400. The number of sulfonamides is 1. The van der Waals surface area contributed by atoms with Gasteiger partial charge in [-0.3, -0.25) is 14.9 Å². The molecule has 11 heteroatoms. The molecule has 2 aromatic rings. The molecule has 2 aromatic carbocycles. The lowest BCUT2D eigenvalue weighted by Crippen LogP contribution is -2.24. The van der Waals surface area contributed by atoms with Gasteiger partial charge in [0.05, 0.1) is 30.1 Å². The van der Waals surface area contributed by atoms with Crippen LogP contribution in [0.2, 0.25) is 0 Å². The molecule has 2 rings (SSSR count). The van der Waals surface area contributed by atoms with Gasteiger partial charge in [-0.15, -0.1) is 0 Å². The highest BCUT2D eigenvalue weighted by atomic mass is 32.2. The van der Waals surface area contributed by atoms with E-state index < -0.39 is 26.5 Å². The van der Waals surface area contributed by atoms with Crippen molar-refractivity contribution in [2.75, 3.05) is 14.2 Å². The number of nitrogens with one attached hydrogen (secondary N) is 1. The maximum Gasteiger partial charge on any atom is 0.286 e. The number of amides is 1. The maximum absolute atomic E-state index is 12.4. The summed E-state index contributed by atoms with van der Waals surface area (Å²) in [5, 5.41) is 18.8. The second kappa shape index (κ2) is 8.01. The summed E-state index contributed by atoms with van der Waals surface area (Å²) in [7, 11) is -1.14. The summed E-state index contributed by atoms with van der Waals surface area (Å²) in [6, 6.07) is 7.88. The summed E-state index contributed by atoms with van der Waals surface area (Å²) in [6.07, 6.45) is 0. The van der Waals surface area contributed by atoms with Crippen LogP contribution < -0.4 is 19.9 Å². The highest BCUT2D eigenvalue weighted by Gasteiger charge is 2.24. The molecule has 0 unspecified atom stereocenters. The van der Waals surface area contributed by atoms with E-state index in [0.29, 0.717) is 5.56 Å². The van der Waals surface area contributed by atoms with Gasteiger partial charge in [0.1, 0.15) is 5.56 Å². The van der Waals surface area contributed by atoms with Crippen LogP contribution in [0.5, 0.6) is 11.5 Å². The van der Waals surface area contributed by atoms with Gasteiger partial charge in [0.2, 0.25) is 10.0 Å². The number of ether oxygens (including phenoxy) is 2. The lowest BCUT2D eigenvalue weighted by atomic mass is 10.1. The number of primary sulfonamides is 1. The molecule has 144 valence electrons. The van der Waals surface area contributed by atoms with Crippen molar-refractivity contribution in [1.82, 2.24) is 5.32 Å². The molecule has 0 aliphatic heterocycles. The van der Waals surface area contributed by atoms with E-state index in [2.05, 4.69) is 5.32 Å². The van der Waals surface area contributed by atoms with Crippen LogP contribution in [0.4, 0.5) is 5.69 Å². The number of nitrogens with two attached hydrogens (primary N) is 1. The Morgan fingerprint density at radius 2 is 1.70 bits per heavy atom. The molecule has 0 fully saturated rings. The van der Waals surface area contributed by atoms with Gasteiger partial charge in [0, 0.05) is 12.6 Å². The predicted octanol–water partition coefficient (Wildman–Crippen LogP) is 1.19. The van der Waals surface area contributed by atoms with Gasteiger partial charge in [-0.25, -0.2) is 13.6 Å². The first-order valence-corrected chi connectivity index (χ1v) is 9.02. The number of rotatable bonds is 7. The fourth-order valence-electron chi connectivity index (χ4n) is 2.28. The Labute approximate surface area is 155 Å². The monoisotopic (exact) mass is 395 g/mol. The van der Waals surface area contributed by atoms with Crippen LogP contribution in [0.15, 0.2) is 41.3 Å². The van der Waals surface area contributed by atoms with Crippen molar-refractivity contribution in [3.05, 3.63) is 57.6 Å². The number of nitro groups is 1. The molecule has 0 saturated heterocycles. The maximum atomic E-state index is 12.4. The van der Waals surface area contributed by atoms with Crippen molar-refractivity contribution in [3.63, 3.8) is 0 Å². The molecule has 0 radical (unpaired) electrons. The number of nitrogens with zero attached hydrogens (tertiary/aromatic N) is 1. The molecule has 0 heterocycles. The Hall–Kier alpha value is -3.18. The minimum Gasteiger partial charge on any atom is -0.493 e. The quantitative estimate of drug-likeness (QED) is 0.528. The molecule has 0 spiro atoms. The number of methoxy groups -OCH3 is 2. The first-order chi connectivity index (χ1) is 12.7. The van der Waals surface area contributed by atoms with E-state index in [1.54, 1.807) is 0 Å². The molecular formula is C16H17N3O7S. The van der Waals surface area contributed by atoms with Gasteiger partial charge in [-0.2, -0.15) is 0 Å². The topological polar surface area (TPSA) is 151 Å². The lowest BCUT2D eigenvalue weighted by Gasteiger charge is -2.11. The minimum absolute atomic E-state index is 0.0230. The van der Waals surface area contributed by atoms with Gasteiger partial charge in [-0.05, 0) is 17.7 Å². The number of hydrogen-bond acceptors (Lipinski definition) is 7. The zero-order valence-corrected chi connectivity index (χ0v) is 15.3. The van der Waals surface area contributed by atoms with Crippen molar-refractivity contribution >= 4 is 21.6 Å². The Morgan fingerprint density at radius 1 is 1.15 bits per heavy atom. The van der Waals surface area contributed by atoms with Crippen LogP contribution in [-0.4, -0.2) is 33.5 Å². The third kappa shape index (κ3) is 4.71. The van der Waals surface area contributed by atoms with E-state index in [0.717, 1.165) is 6.07 Å². The van der Waals surface area contributed by atoms with Crippen LogP contribution in [0.1, 0.15) is 15.9 Å². The van der Waals surface area contributed by atoms with E-state index in [1.807, 2.05) is 0 Å². The zero-order valence-electron chi connectivity index (χ0n) is 14.5. The van der Waals surface area contributed by atoms with E-state index in [-0.39, 0.29) is 28.5 Å². The van der Waals surface area contributed by atoms with E-state index in [4.69, 9.17) is 14.6 Å². The fraction of sp³-hybridized carbons (Fsp3) is 0.188. The standard InChI is InChI=1S/C16H17N3O7S/c1-25-14-7-12(13(19(21)22)8-15(14)26-2)16(20)18-9-10-3-5-11(6-4-10)27(17,23)24/h3-8H,9H2,1-2H3,(H,18,20)(H2,17,23,24). The van der Waals surface area contributed by atoms with Crippen LogP contribution in [0.3, 0.4) is 0 Å². The van der Waals surface area contributed by atoms with Gasteiger partial charge < -0.3 is 14.8 Å². The molecule has 10 nitrogen and oxygen atoms in total. The molecular weight excluding hydrogens is 378 g/mol. The number of hydrogen-bond donors (Lipinski definition) is 2. The lowest BCUT2D eigenvalue weighted by molar-refractivity contribution is -0.385. The predicted molar refractivity (Wildman–Crippen MR) is 95.2 cm³/mol. The summed E-state index contributed by atoms with van der Waals surface area (Å²) in [6.45, 7) is 0.0230. The molecule has 3 N–H and O–H groups in total. The van der Waals surface area contributed by atoms with Crippen LogP contribution in [0, 0.1) is 10.1 Å². The highest BCUT2D eigenvalue weighted by molar-refractivity contribution is 7.89. The van der Waals surface area contributed by atoms with Crippen molar-refractivity contribution in [2.24, 2.45) is 5.14 Å². The van der Waals surface area contributed by atoms with Crippen LogP contribution >= 0.6 is 0 Å². The number of carbonyl (C=O) groups excluding carboxylic acids is 1. The van der Waals surface area contributed by atoms with Crippen molar-refractivity contribution in [1.29, 1.82) is 0 Å². The van der Waals surface area contributed by atoms with Crippen molar-refractivity contribution < 1.29 is 27.6 Å². The second-order valence-corrected chi connectivity index (χ2v) is 6.91. The smallest absolute Gasteiger partial charge is 0.286 e. The highest BCUT2D eigenvalue weighted by Crippen LogP contribution is 2.34. The first kappa shape index (κ1) is 20.1. The average molecular weight is 395 g/mol. The van der Waals surface area contributed by atoms with Crippen LogP contribution in [-0.2, 0) is 16.6 Å². The van der Waals surface area contributed by atoms with Gasteiger partial charge in [0.15, 0.2) is 11.5 Å². The zero-order chi connectivity index (χ0) is 20.2. The number of benzene rings is 2. The molecule has 27 heavy (non-hydrogen) atoms. The van der Waals surface area contributed by atoms with E-state index >= 15 is 0 Å². The molecule has 0 atom stereocenters. The van der Waals surface area contributed by atoms with Gasteiger partial charge in [0.25, 0.3) is 11.6 Å². The Kier molecular flexibility index (Phi) is 5.98. The van der Waals surface area contributed by atoms with Crippen molar-refractivity contribution in [2.45, 2.75) is 11.4 Å². The largest absolute Gasteiger partial charge is 0.493 e. The van der Waals surface area contributed by atoms with Crippen molar-refractivity contribution in [3.8, 4) is 11.5 Å². The fourth-order valence-corrected chi connectivity index (χ4v) is 2.79. The van der Waals surface area contributed by atoms with Crippen LogP contribution in [0.25, 0.3) is 0 Å². The molecule has 0 aliphatic rings. The van der Waals surface area contributed by atoms with Gasteiger partial charge in [-0.1, -0.05) is 12.1 Å². The third-order valence-corrected chi connectivity index (χ3v) is 4.58. The summed E-state index contributed by atoms with van der Waals surface area (Å²) in [4.78, 5) is 22.9. The Bertz CT molecular complexity index is 972. The van der Waals surface area contributed by atoms with E-state index in [9.17, 15) is 23.3 Å². The summed E-state index contributed by atoms with van der Waals surface area (Å²) < 4.78 is 32.5. The molecule has 0 aliphatic carbocycles. The SMILES string of the molecule is COc1cc(C(=O)NCc2ccc(S(N)(=O)=O)cc2)c([N+](=O)[O-])cc1OC. The first-order valence-electron chi connectivity index (χ1n) is 7.47. The van der Waals surface area contributed by atoms with Gasteiger partial charge >= 0.3 is 0 Å². The summed E-state index contributed by atoms with van der Waals surface area (Å²) in [5.41, 5.74) is -0.0487. The Balaban J connectivity index is 2.23. The summed E-state index contributed by atoms with van der Waals surface area (Å²) >= 11 is 0. The molecule has 0 bridgehead atoms.